The Morgan fingerprint density at radius 2 is 2.00 bits per heavy atom. The number of aliphatic hydroxyl groups is 2. The number of nitrogens with zero attached hydrogens (tertiary/aromatic N) is 1. The van der Waals surface area contributed by atoms with Gasteiger partial charge in [0.25, 0.3) is 5.91 Å². The first kappa shape index (κ1) is 10.4. The molecule has 0 aromatic carbocycles. The standard InChI is InChI=1S/C7H15NO3/c1-5(4-9)8(3)7(11)6(2)10/h5-6,9-10H,4H2,1-3H3/t5-,6?/m1/s1. The highest BCUT2D eigenvalue weighted by Gasteiger charge is 2.18. The monoisotopic (exact) mass is 161 g/mol. The molecule has 0 radical (unpaired) electrons. The maximum absolute atomic E-state index is 11.0. The smallest absolute Gasteiger partial charge is 0.251 e. The lowest BCUT2D eigenvalue weighted by Gasteiger charge is -2.24. The van der Waals surface area contributed by atoms with Crippen molar-refractivity contribution < 1.29 is 15.0 Å². The molecule has 2 N–H and O–H groups in total. The average molecular weight is 161 g/mol. The molecule has 0 aromatic rings. The zero-order valence-corrected chi connectivity index (χ0v) is 7.11. The van der Waals surface area contributed by atoms with Gasteiger partial charge in [0.05, 0.1) is 12.6 Å². The summed E-state index contributed by atoms with van der Waals surface area (Å²) in [6, 6.07) is -0.239. The van der Waals surface area contributed by atoms with Crippen LogP contribution >= 0.6 is 0 Å². The van der Waals surface area contributed by atoms with Crippen LogP contribution in [0.4, 0.5) is 0 Å². The molecular weight excluding hydrogens is 146 g/mol. The highest BCUT2D eigenvalue weighted by molar-refractivity contribution is 5.80. The minimum Gasteiger partial charge on any atom is -0.394 e. The van der Waals surface area contributed by atoms with Crippen LogP contribution in [-0.2, 0) is 4.79 Å². The van der Waals surface area contributed by atoms with E-state index >= 15 is 0 Å². The SMILES string of the molecule is CC(O)C(=O)N(C)[C@H](C)CO. The predicted octanol–water partition coefficient (Wildman–Crippen LogP) is -0.794. The lowest BCUT2D eigenvalue weighted by Crippen LogP contribution is -2.42. The van der Waals surface area contributed by atoms with E-state index < -0.39 is 6.10 Å². The third-order valence-corrected chi connectivity index (χ3v) is 1.63. The molecule has 0 spiro atoms. The van der Waals surface area contributed by atoms with Crippen LogP contribution in [0.3, 0.4) is 0 Å². The molecule has 0 aliphatic heterocycles. The average Bonchev–Trinajstić information content (AvgIpc) is 2.00. The van der Waals surface area contributed by atoms with Crippen LogP contribution in [0.15, 0.2) is 0 Å². The Morgan fingerprint density at radius 3 is 2.27 bits per heavy atom. The van der Waals surface area contributed by atoms with Crippen molar-refractivity contribution in [2.75, 3.05) is 13.7 Å². The van der Waals surface area contributed by atoms with Crippen LogP contribution in [0, 0.1) is 0 Å². The summed E-state index contributed by atoms with van der Waals surface area (Å²) in [4.78, 5) is 12.3. The van der Waals surface area contributed by atoms with E-state index in [1.807, 2.05) is 0 Å². The first-order valence-electron chi connectivity index (χ1n) is 3.56. The number of hydrogen-bond donors (Lipinski definition) is 2. The van der Waals surface area contributed by atoms with Crippen LogP contribution in [0.1, 0.15) is 13.8 Å². The van der Waals surface area contributed by atoms with Gasteiger partial charge in [-0.05, 0) is 13.8 Å². The van der Waals surface area contributed by atoms with E-state index in [0.717, 1.165) is 0 Å². The largest absolute Gasteiger partial charge is 0.394 e. The van der Waals surface area contributed by atoms with Crippen LogP contribution in [0.2, 0.25) is 0 Å². The Bertz CT molecular complexity index is 136. The summed E-state index contributed by atoms with van der Waals surface area (Å²) in [6.45, 7) is 3.03. The van der Waals surface area contributed by atoms with Crippen molar-refractivity contribution in [3.05, 3.63) is 0 Å². The Labute approximate surface area is 66.4 Å². The van der Waals surface area contributed by atoms with E-state index in [1.165, 1.54) is 11.8 Å². The molecule has 4 nitrogen and oxygen atoms in total. The third-order valence-electron chi connectivity index (χ3n) is 1.63. The summed E-state index contributed by atoms with van der Waals surface area (Å²) < 4.78 is 0. The molecule has 0 bridgehead atoms. The molecule has 1 amide bonds. The van der Waals surface area contributed by atoms with Crippen molar-refractivity contribution in [2.24, 2.45) is 0 Å². The molecule has 66 valence electrons. The number of hydrogen-bond acceptors (Lipinski definition) is 3. The Hall–Kier alpha value is -0.610. The van der Waals surface area contributed by atoms with Gasteiger partial charge in [0, 0.05) is 7.05 Å². The number of carbonyl (C=O) groups is 1. The second-order valence-corrected chi connectivity index (χ2v) is 2.66. The summed E-state index contributed by atoms with van der Waals surface area (Å²) >= 11 is 0. The van der Waals surface area contributed by atoms with E-state index in [4.69, 9.17) is 10.2 Å². The first-order chi connectivity index (χ1) is 5.00. The van der Waals surface area contributed by atoms with Gasteiger partial charge in [-0.3, -0.25) is 4.79 Å². The van der Waals surface area contributed by atoms with Gasteiger partial charge in [-0.2, -0.15) is 0 Å². The van der Waals surface area contributed by atoms with Crippen molar-refractivity contribution in [3.63, 3.8) is 0 Å². The lowest BCUT2D eigenvalue weighted by atomic mass is 10.2. The topological polar surface area (TPSA) is 60.8 Å². The molecule has 0 rings (SSSR count). The van der Waals surface area contributed by atoms with E-state index in [1.54, 1.807) is 14.0 Å². The number of carbonyl (C=O) groups excluding carboxylic acids is 1. The summed E-state index contributed by atoms with van der Waals surface area (Å²) in [5.74, 6) is -0.369. The Morgan fingerprint density at radius 1 is 1.55 bits per heavy atom. The van der Waals surface area contributed by atoms with E-state index in [0.29, 0.717) is 0 Å². The van der Waals surface area contributed by atoms with Gasteiger partial charge < -0.3 is 15.1 Å². The molecule has 0 aliphatic rings. The molecule has 0 saturated carbocycles. The number of amides is 1. The van der Waals surface area contributed by atoms with Crippen LogP contribution in [0.25, 0.3) is 0 Å². The third kappa shape index (κ3) is 2.86. The van der Waals surface area contributed by atoms with Crippen molar-refractivity contribution in [2.45, 2.75) is 26.0 Å². The molecule has 1 unspecified atom stereocenters. The molecule has 4 heteroatoms. The fourth-order valence-corrected chi connectivity index (χ4v) is 0.634. The molecule has 11 heavy (non-hydrogen) atoms. The molecular formula is C7H15NO3. The molecule has 0 fully saturated rings. The second-order valence-electron chi connectivity index (χ2n) is 2.66. The van der Waals surface area contributed by atoms with Gasteiger partial charge in [0.15, 0.2) is 0 Å². The molecule has 2 atom stereocenters. The summed E-state index contributed by atoms with van der Waals surface area (Å²) in [5, 5.41) is 17.5. The van der Waals surface area contributed by atoms with Crippen LogP contribution < -0.4 is 0 Å². The zero-order valence-electron chi connectivity index (χ0n) is 7.11. The van der Waals surface area contributed by atoms with E-state index in [9.17, 15) is 4.79 Å². The highest BCUT2D eigenvalue weighted by Crippen LogP contribution is 1.97. The maximum Gasteiger partial charge on any atom is 0.251 e. The predicted molar refractivity (Wildman–Crippen MR) is 41.0 cm³/mol. The van der Waals surface area contributed by atoms with Gasteiger partial charge in [-0.15, -0.1) is 0 Å². The fourth-order valence-electron chi connectivity index (χ4n) is 0.634. The minimum atomic E-state index is -0.992. The van der Waals surface area contributed by atoms with E-state index in [2.05, 4.69) is 0 Å². The minimum absolute atomic E-state index is 0.0883. The number of aliphatic hydroxyl groups excluding tert-OH is 2. The van der Waals surface area contributed by atoms with Crippen molar-refractivity contribution in [3.8, 4) is 0 Å². The second kappa shape index (κ2) is 4.31. The van der Waals surface area contributed by atoms with Crippen molar-refractivity contribution in [1.82, 2.24) is 4.90 Å². The summed E-state index contributed by atoms with van der Waals surface area (Å²) in [6.07, 6.45) is -0.992. The zero-order chi connectivity index (χ0) is 9.02. The highest BCUT2D eigenvalue weighted by atomic mass is 16.3. The van der Waals surface area contributed by atoms with E-state index in [-0.39, 0.29) is 18.6 Å². The Balaban J connectivity index is 4.02. The quantitative estimate of drug-likeness (QED) is 0.570. The molecule has 0 aromatic heterocycles. The lowest BCUT2D eigenvalue weighted by molar-refractivity contribution is -0.140. The van der Waals surface area contributed by atoms with Gasteiger partial charge in [-0.25, -0.2) is 0 Å². The van der Waals surface area contributed by atoms with Crippen molar-refractivity contribution in [1.29, 1.82) is 0 Å². The van der Waals surface area contributed by atoms with Gasteiger partial charge in [0.1, 0.15) is 6.10 Å². The number of likely N-dealkylation sites (N-methyl/N-ethyl adjacent to an activating group) is 1. The molecule has 0 aliphatic carbocycles. The molecule has 0 heterocycles. The normalized spacial score (nSPS) is 15.7. The van der Waals surface area contributed by atoms with Crippen molar-refractivity contribution >= 4 is 5.91 Å². The summed E-state index contributed by atoms with van der Waals surface area (Å²) in [5.41, 5.74) is 0. The van der Waals surface area contributed by atoms with Crippen LogP contribution in [0.5, 0.6) is 0 Å². The maximum atomic E-state index is 11.0. The van der Waals surface area contributed by atoms with Gasteiger partial charge in [-0.1, -0.05) is 0 Å². The molecule has 0 saturated heterocycles. The van der Waals surface area contributed by atoms with Gasteiger partial charge in [0.2, 0.25) is 0 Å². The van der Waals surface area contributed by atoms with Crippen LogP contribution in [-0.4, -0.2) is 46.8 Å². The van der Waals surface area contributed by atoms with Gasteiger partial charge >= 0.3 is 0 Å². The number of rotatable bonds is 3. The summed E-state index contributed by atoms with van der Waals surface area (Å²) in [7, 11) is 1.55. The Kier molecular flexibility index (Phi) is 4.07. The fraction of sp³-hybridized carbons (Fsp3) is 0.857. The first-order valence-corrected chi connectivity index (χ1v) is 3.56.